The van der Waals surface area contributed by atoms with E-state index in [4.69, 9.17) is 9.26 Å². The van der Waals surface area contributed by atoms with Gasteiger partial charge in [-0.1, -0.05) is 17.3 Å². The molecule has 0 aliphatic rings. The third kappa shape index (κ3) is 6.12. The zero-order valence-corrected chi connectivity index (χ0v) is 19.9. The maximum atomic E-state index is 13.1. The fourth-order valence-corrected chi connectivity index (χ4v) is 3.45. The molecule has 9 heteroatoms. The summed E-state index contributed by atoms with van der Waals surface area (Å²) < 4.78 is 23.6. The average molecular weight is 489 g/mol. The van der Waals surface area contributed by atoms with Crippen LogP contribution in [0.5, 0.6) is 5.75 Å². The zero-order valence-electron chi connectivity index (χ0n) is 19.9. The highest BCUT2D eigenvalue weighted by Gasteiger charge is 2.15. The van der Waals surface area contributed by atoms with E-state index < -0.39 is 5.82 Å². The third-order valence-electron chi connectivity index (χ3n) is 5.58. The molecule has 4 aromatic rings. The van der Waals surface area contributed by atoms with Crippen molar-refractivity contribution in [2.75, 3.05) is 20.7 Å². The van der Waals surface area contributed by atoms with Crippen molar-refractivity contribution in [2.24, 2.45) is 0 Å². The van der Waals surface area contributed by atoms with Crippen molar-refractivity contribution in [3.05, 3.63) is 101 Å². The summed E-state index contributed by atoms with van der Waals surface area (Å²) in [5.41, 5.74) is 2.55. The Kier molecular flexibility index (Phi) is 7.69. The molecule has 1 N–H and O–H groups in total. The molecule has 0 spiro atoms. The van der Waals surface area contributed by atoms with Crippen LogP contribution < -0.4 is 10.1 Å². The summed E-state index contributed by atoms with van der Waals surface area (Å²) in [4.78, 5) is 30.8. The van der Waals surface area contributed by atoms with Crippen LogP contribution in [0.1, 0.15) is 32.1 Å². The highest BCUT2D eigenvalue weighted by Crippen LogP contribution is 2.18. The number of nitrogens with zero attached hydrogens (tertiary/aromatic N) is 3. The second kappa shape index (κ2) is 11.3. The largest absolute Gasteiger partial charge is 0.497 e. The number of halogens is 1. The predicted octanol–water partition coefficient (Wildman–Crippen LogP) is 4.13. The molecule has 8 nitrogen and oxygen atoms in total. The van der Waals surface area contributed by atoms with Crippen molar-refractivity contribution in [1.29, 1.82) is 0 Å². The van der Waals surface area contributed by atoms with Gasteiger partial charge in [-0.05, 0) is 66.2 Å². The monoisotopic (exact) mass is 488 g/mol. The Hall–Kier alpha value is -4.53. The first kappa shape index (κ1) is 24.6. The molecule has 0 saturated heterocycles. The van der Waals surface area contributed by atoms with Gasteiger partial charge in [0.2, 0.25) is 0 Å². The number of carbonyl (C=O) groups is 2. The molecule has 0 atom stereocenters. The van der Waals surface area contributed by atoms with Crippen LogP contribution in [-0.4, -0.2) is 47.6 Å². The molecule has 1 heterocycles. The fourth-order valence-electron chi connectivity index (χ4n) is 3.45. The zero-order chi connectivity index (χ0) is 25.5. The number of likely N-dealkylation sites (N-methyl/N-ethyl adjacent to an activating group) is 1. The van der Waals surface area contributed by atoms with Crippen LogP contribution in [0.2, 0.25) is 0 Å². The summed E-state index contributed by atoms with van der Waals surface area (Å²) in [6, 6.07) is 19.7. The lowest BCUT2D eigenvalue weighted by atomic mass is 10.1. The summed E-state index contributed by atoms with van der Waals surface area (Å²) in [5, 5.41) is 6.86. The first-order valence-electron chi connectivity index (χ1n) is 11.3. The van der Waals surface area contributed by atoms with Crippen LogP contribution in [0, 0.1) is 5.82 Å². The van der Waals surface area contributed by atoms with Gasteiger partial charge in [-0.15, -0.1) is 0 Å². The summed E-state index contributed by atoms with van der Waals surface area (Å²) in [7, 11) is 3.26. The Bertz CT molecular complexity index is 1320. The molecule has 0 radical (unpaired) electrons. The topological polar surface area (TPSA) is 97.6 Å². The van der Waals surface area contributed by atoms with E-state index >= 15 is 0 Å². The number of benzene rings is 3. The molecule has 2 amide bonds. The number of hydrogen-bond donors (Lipinski definition) is 1. The number of hydrogen-bond acceptors (Lipinski definition) is 6. The van der Waals surface area contributed by atoms with Gasteiger partial charge < -0.3 is 19.5 Å². The van der Waals surface area contributed by atoms with E-state index in [-0.39, 0.29) is 11.8 Å². The number of aromatic nitrogens is 2. The van der Waals surface area contributed by atoms with Gasteiger partial charge in [0.15, 0.2) is 5.82 Å². The molecule has 3 aromatic carbocycles. The lowest BCUT2D eigenvalue weighted by Crippen LogP contribution is -2.29. The SMILES string of the molecule is COc1ccc(CNC(=O)c2ccc(-c3nc(CCN(C)C(=O)c4ccc(F)cc4)no3)cc2)cc1. The lowest BCUT2D eigenvalue weighted by Gasteiger charge is -2.16. The first-order chi connectivity index (χ1) is 17.4. The molecule has 0 aliphatic heterocycles. The van der Waals surface area contributed by atoms with E-state index in [2.05, 4.69) is 15.5 Å². The van der Waals surface area contributed by atoms with Gasteiger partial charge in [-0.25, -0.2) is 4.39 Å². The Morgan fingerprint density at radius 3 is 2.31 bits per heavy atom. The quantitative estimate of drug-likeness (QED) is 0.381. The minimum Gasteiger partial charge on any atom is -0.497 e. The fraction of sp³-hybridized carbons (Fsp3) is 0.185. The molecule has 0 unspecified atom stereocenters. The van der Waals surface area contributed by atoms with Crippen LogP contribution in [-0.2, 0) is 13.0 Å². The predicted molar refractivity (Wildman–Crippen MR) is 131 cm³/mol. The summed E-state index contributed by atoms with van der Waals surface area (Å²) in [6.45, 7) is 0.762. The minimum absolute atomic E-state index is 0.197. The number of ether oxygens (including phenoxy) is 1. The highest BCUT2D eigenvalue weighted by molar-refractivity contribution is 5.94. The van der Waals surface area contributed by atoms with E-state index in [1.807, 2.05) is 24.3 Å². The van der Waals surface area contributed by atoms with Gasteiger partial charge in [0, 0.05) is 43.2 Å². The Balaban J connectivity index is 1.30. The second-order valence-corrected chi connectivity index (χ2v) is 8.11. The number of methoxy groups -OCH3 is 1. The van der Waals surface area contributed by atoms with E-state index in [0.717, 1.165) is 11.3 Å². The molecule has 1 aromatic heterocycles. The van der Waals surface area contributed by atoms with Crippen LogP contribution in [0.15, 0.2) is 77.3 Å². The molecule has 0 saturated carbocycles. The molecule has 36 heavy (non-hydrogen) atoms. The van der Waals surface area contributed by atoms with Gasteiger partial charge in [0.05, 0.1) is 7.11 Å². The molecule has 4 rings (SSSR count). The molecule has 0 bridgehead atoms. The van der Waals surface area contributed by atoms with Crippen molar-refractivity contribution in [2.45, 2.75) is 13.0 Å². The molecule has 0 aliphatic carbocycles. The van der Waals surface area contributed by atoms with Crippen LogP contribution in [0.4, 0.5) is 4.39 Å². The summed E-state index contributed by atoms with van der Waals surface area (Å²) in [6.07, 6.45) is 0.388. The highest BCUT2D eigenvalue weighted by atomic mass is 19.1. The second-order valence-electron chi connectivity index (χ2n) is 8.11. The van der Waals surface area contributed by atoms with Crippen molar-refractivity contribution in [3.63, 3.8) is 0 Å². The average Bonchev–Trinajstić information content (AvgIpc) is 3.40. The Morgan fingerprint density at radius 1 is 0.972 bits per heavy atom. The van der Waals surface area contributed by atoms with E-state index in [0.29, 0.717) is 47.9 Å². The van der Waals surface area contributed by atoms with Gasteiger partial charge in [0.1, 0.15) is 11.6 Å². The smallest absolute Gasteiger partial charge is 0.257 e. The number of rotatable bonds is 9. The van der Waals surface area contributed by atoms with Crippen LogP contribution in [0.3, 0.4) is 0 Å². The first-order valence-corrected chi connectivity index (χ1v) is 11.3. The molecule has 184 valence electrons. The molecule has 0 fully saturated rings. The Morgan fingerprint density at radius 2 is 1.64 bits per heavy atom. The van der Waals surface area contributed by atoms with Gasteiger partial charge in [-0.3, -0.25) is 9.59 Å². The molecular formula is C27H25FN4O4. The number of nitrogens with one attached hydrogen (secondary N) is 1. The Labute approximate surface area is 207 Å². The summed E-state index contributed by atoms with van der Waals surface area (Å²) >= 11 is 0. The molecular weight excluding hydrogens is 463 g/mol. The lowest BCUT2D eigenvalue weighted by molar-refractivity contribution is 0.0795. The van der Waals surface area contributed by atoms with Crippen molar-refractivity contribution in [1.82, 2.24) is 20.4 Å². The van der Waals surface area contributed by atoms with Crippen molar-refractivity contribution < 1.29 is 23.2 Å². The number of carbonyl (C=O) groups excluding carboxylic acids is 2. The standard InChI is InChI=1S/C27H25FN4O4/c1-32(27(34)21-9-11-22(28)12-10-21)16-15-24-30-26(36-31-24)20-7-5-19(6-8-20)25(33)29-17-18-3-13-23(35-2)14-4-18/h3-14H,15-17H2,1-2H3,(H,29,33). The van der Waals surface area contributed by atoms with Crippen LogP contribution in [0.25, 0.3) is 11.5 Å². The normalized spacial score (nSPS) is 10.6. The van der Waals surface area contributed by atoms with E-state index in [1.165, 1.54) is 29.2 Å². The van der Waals surface area contributed by atoms with Gasteiger partial charge >= 0.3 is 0 Å². The number of amides is 2. The van der Waals surface area contributed by atoms with Gasteiger partial charge in [0.25, 0.3) is 17.7 Å². The van der Waals surface area contributed by atoms with Crippen LogP contribution >= 0.6 is 0 Å². The third-order valence-corrected chi connectivity index (χ3v) is 5.58. The maximum Gasteiger partial charge on any atom is 0.257 e. The van der Waals surface area contributed by atoms with Crippen molar-refractivity contribution >= 4 is 11.8 Å². The summed E-state index contributed by atoms with van der Waals surface area (Å²) in [5.74, 6) is 0.718. The van der Waals surface area contributed by atoms with Gasteiger partial charge in [-0.2, -0.15) is 4.98 Å². The van der Waals surface area contributed by atoms with Crippen molar-refractivity contribution in [3.8, 4) is 17.2 Å². The van der Waals surface area contributed by atoms with E-state index in [1.54, 1.807) is 38.4 Å². The maximum absolute atomic E-state index is 13.1. The van der Waals surface area contributed by atoms with E-state index in [9.17, 15) is 14.0 Å². The minimum atomic E-state index is -0.393.